The molecule has 2 atom stereocenters. The first-order valence-electron chi connectivity index (χ1n) is 11.0. The lowest BCUT2D eigenvalue weighted by Crippen LogP contribution is -2.71. The average molecular weight is 463 g/mol. The molecule has 0 aliphatic carbocycles. The standard InChI is InChI=1S/C27H27ClN2O3/c1-19-8-6-7-11-24(19)30-25(26(27(30)32)33-23-14-12-22(28)13-15-23)18-29(20(2)31)17-16-21-9-4-3-5-10-21/h3-15,25-26H,16-18H2,1-2H3/t25-,26+/m1/s1. The van der Waals surface area contributed by atoms with E-state index in [1.165, 1.54) is 0 Å². The molecule has 0 saturated carbocycles. The van der Waals surface area contributed by atoms with E-state index in [-0.39, 0.29) is 17.9 Å². The Hall–Kier alpha value is -3.31. The molecular formula is C27H27ClN2O3. The van der Waals surface area contributed by atoms with Gasteiger partial charge in [0.1, 0.15) is 11.8 Å². The lowest BCUT2D eigenvalue weighted by Gasteiger charge is -2.48. The number of hydrogen-bond acceptors (Lipinski definition) is 3. The van der Waals surface area contributed by atoms with Crippen LogP contribution in [0, 0.1) is 6.92 Å². The summed E-state index contributed by atoms with van der Waals surface area (Å²) in [5, 5.41) is 0.601. The van der Waals surface area contributed by atoms with E-state index in [4.69, 9.17) is 16.3 Å². The molecule has 0 N–H and O–H groups in total. The van der Waals surface area contributed by atoms with Crippen LogP contribution < -0.4 is 9.64 Å². The van der Waals surface area contributed by atoms with Gasteiger partial charge in [-0.25, -0.2) is 0 Å². The minimum atomic E-state index is -0.677. The van der Waals surface area contributed by atoms with Gasteiger partial charge in [-0.15, -0.1) is 0 Å². The molecule has 3 aromatic carbocycles. The van der Waals surface area contributed by atoms with Gasteiger partial charge in [-0.3, -0.25) is 14.5 Å². The van der Waals surface area contributed by atoms with Gasteiger partial charge in [0, 0.05) is 30.7 Å². The van der Waals surface area contributed by atoms with Gasteiger partial charge in [0.05, 0.1) is 0 Å². The largest absolute Gasteiger partial charge is 0.478 e. The normalized spacial score (nSPS) is 17.4. The molecule has 0 aromatic heterocycles. The summed E-state index contributed by atoms with van der Waals surface area (Å²) in [6.45, 7) is 4.50. The van der Waals surface area contributed by atoms with E-state index >= 15 is 0 Å². The van der Waals surface area contributed by atoms with Crippen LogP contribution >= 0.6 is 11.6 Å². The van der Waals surface area contributed by atoms with Crippen molar-refractivity contribution >= 4 is 29.1 Å². The van der Waals surface area contributed by atoms with E-state index in [1.54, 1.807) is 41.0 Å². The molecule has 1 saturated heterocycles. The summed E-state index contributed by atoms with van der Waals surface area (Å²) in [7, 11) is 0. The Morgan fingerprint density at radius 2 is 1.67 bits per heavy atom. The molecule has 170 valence electrons. The molecule has 0 unspecified atom stereocenters. The van der Waals surface area contributed by atoms with Gasteiger partial charge in [-0.2, -0.15) is 0 Å². The number of β-lactam (4-membered cyclic amide) rings is 1. The first-order valence-corrected chi connectivity index (χ1v) is 11.4. The fourth-order valence-corrected chi connectivity index (χ4v) is 4.25. The number of amides is 2. The van der Waals surface area contributed by atoms with Gasteiger partial charge in [0.25, 0.3) is 5.91 Å². The van der Waals surface area contributed by atoms with E-state index in [1.807, 2.05) is 49.4 Å². The van der Waals surface area contributed by atoms with Crippen molar-refractivity contribution in [1.29, 1.82) is 0 Å². The molecule has 0 bridgehead atoms. The zero-order chi connectivity index (χ0) is 23.4. The van der Waals surface area contributed by atoms with Crippen molar-refractivity contribution in [2.75, 3.05) is 18.0 Å². The lowest BCUT2D eigenvalue weighted by molar-refractivity contribution is -0.138. The monoisotopic (exact) mass is 462 g/mol. The molecule has 1 aliphatic rings. The second-order valence-corrected chi connectivity index (χ2v) is 8.69. The van der Waals surface area contributed by atoms with Crippen LogP contribution in [0.4, 0.5) is 5.69 Å². The average Bonchev–Trinajstić information content (AvgIpc) is 2.82. The summed E-state index contributed by atoms with van der Waals surface area (Å²) in [6, 6.07) is 24.5. The molecule has 3 aromatic rings. The van der Waals surface area contributed by atoms with Crippen molar-refractivity contribution in [2.24, 2.45) is 0 Å². The minimum Gasteiger partial charge on any atom is -0.478 e. The Labute approximate surface area is 199 Å². The molecule has 0 radical (unpaired) electrons. The summed E-state index contributed by atoms with van der Waals surface area (Å²) >= 11 is 5.99. The zero-order valence-electron chi connectivity index (χ0n) is 18.8. The number of para-hydroxylation sites is 1. The molecule has 1 heterocycles. The summed E-state index contributed by atoms with van der Waals surface area (Å²) in [4.78, 5) is 29.3. The second-order valence-electron chi connectivity index (χ2n) is 8.26. The molecule has 33 heavy (non-hydrogen) atoms. The van der Waals surface area contributed by atoms with Crippen LogP contribution in [-0.2, 0) is 16.0 Å². The quantitative estimate of drug-likeness (QED) is 0.447. The van der Waals surface area contributed by atoms with E-state index in [2.05, 4.69) is 12.1 Å². The number of carbonyl (C=O) groups is 2. The maximum Gasteiger partial charge on any atom is 0.270 e. The predicted octanol–water partition coefficient (Wildman–Crippen LogP) is 4.90. The van der Waals surface area contributed by atoms with Gasteiger partial charge in [0.15, 0.2) is 6.10 Å². The van der Waals surface area contributed by atoms with Crippen molar-refractivity contribution in [3.05, 3.63) is 95.0 Å². The van der Waals surface area contributed by atoms with Crippen LogP contribution in [0.25, 0.3) is 0 Å². The molecule has 6 heteroatoms. The van der Waals surface area contributed by atoms with Gasteiger partial charge in [0.2, 0.25) is 5.91 Å². The Balaban J connectivity index is 1.56. The number of halogens is 1. The Morgan fingerprint density at radius 3 is 2.33 bits per heavy atom. The van der Waals surface area contributed by atoms with Crippen LogP contribution in [0.5, 0.6) is 5.75 Å². The highest BCUT2D eigenvalue weighted by atomic mass is 35.5. The minimum absolute atomic E-state index is 0.0275. The topological polar surface area (TPSA) is 49.9 Å². The zero-order valence-corrected chi connectivity index (χ0v) is 19.5. The van der Waals surface area contributed by atoms with Crippen LogP contribution in [0.1, 0.15) is 18.1 Å². The number of carbonyl (C=O) groups excluding carboxylic acids is 2. The third-order valence-corrected chi connectivity index (χ3v) is 6.23. The Morgan fingerprint density at radius 1 is 1.00 bits per heavy atom. The van der Waals surface area contributed by atoms with E-state index < -0.39 is 6.10 Å². The number of hydrogen-bond donors (Lipinski definition) is 0. The Kier molecular flexibility index (Phi) is 6.99. The first kappa shape index (κ1) is 22.9. The van der Waals surface area contributed by atoms with Crippen LogP contribution in [-0.4, -0.2) is 41.9 Å². The number of rotatable bonds is 8. The summed E-state index contributed by atoms with van der Waals surface area (Å²) < 4.78 is 6.08. The second kappa shape index (κ2) is 10.1. The third-order valence-electron chi connectivity index (χ3n) is 5.98. The van der Waals surface area contributed by atoms with Gasteiger partial charge < -0.3 is 9.64 Å². The molecule has 5 nitrogen and oxygen atoms in total. The number of nitrogens with zero attached hydrogens (tertiary/aromatic N) is 2. The summed E-state index contributed by atoms with van der Waals surface area (Å²) in [6.07, 6.45) is 0.0677. The fraction of sp³-hybridized carbons (Fsp3) is 0.259. The molecule has 1 fully saturated rings. The van der Waals surface area contributed by atoms with E-state index in [9.17, 15) is 9.59 Å². The van der Waals surface area contributed by atoms with E-state index in [0.717, 1.165) is 23.2 Å². The van der Waals surface area contributed by atoms with E-state index in [0.29, 0.717) is 23.9 Å². The lowest BCUT2D eigenvalue weighted by atomic mass is 9.94. The van der Waals surface area contributed by atoms with Gasteiger partial charge in [-0.1, -0.05) is 60.1 Å². The maximum atomic E-state index is 13.2. The first-order chi connectivity index (χ1) is 15.9. The highest BCUT2D eigenvalue weighted by molar-refractivity contribution is 6.30. The third kappa shape index (κ3) is 5.20. The molecular weight excluding hydrogens is 436 g/mol. The van der Waals surface area contributed by atoms with Crippen molar-refractivity contribution in [1.82, 2.24) is 4.90 Å². The summed E-state index contributed by atoms with van der Waals surface area (Å²) in [5.74, 6) is 0.432. The van der Waals surface area contributed by atoms with Crippen LogP contribution in [0.2, 0.25) is 5.02 Å². The van der Waals surface area contributed by atoms with Crippen molar-refractivity contribution in [3.63, 3.8) is 0 Å². The Bertz CT molecular complexity index is 1120. The highest BCUT2D eigenvalue weighted by Crippen LogP contribution is 2.34. The van der Waals surface area contributed by atoms with Gasteiger partial charge in [-0.05, 0) is 54.8 Å². The maximum absolute atomic E-state index is 13.2. The van der Waals surface area contributed by atoms with Gasteiger partial charge >= 0.3 is 0 Å². The van der Waals surface area contributed by atoms with Crippen molar-refractivity contribution < 1.29 is 14.3 Å². The summed E-state index contributed by atoms with van der Waals surface area (Å²) in [5.41, 5.74) is 3.01. The highest BCUT2D eigenvalue weighted by Gasteiger charge is 2.51. The number of benzene rings is 3. The van der Waals surface area contributed by atoms with Crippen LogP contribution in [0.15, 0.2) is 78.9 Å². The fourth-order valence-electron chi connectivity index (χ4n) is 4.13. The van der Waals surface area contributed by atoms with Crippen molar-refractivity contribution in [3.8, 4) is 5.75 Å². The SMILES string of the molecule is CC(=O)N(CCc1ccccc1)C[C@@H]1[C@H](Oc2ccc(Cl)cc2)C(=O)N1c1ccccc1C. The number of anilines is 1. The molecule has 2 amide bonds. The molecule has 4 rings (SSSR count). The van der Waals surface area contributed by atoms with Crippen molar-refractivity contribution in [2.45, 2.75) is 32.4 Å². The number of ether oxygens (including phenoxy) is 1. The van der Waals surface area contributed by atoms with Crippen LogP contribution in [0.3, 0.4) is 0 Å². The predicted molar refractivity (Wildman–Crippen MR) is 131 cm³/mol. The smallest absolute Gasteiger partial charge is 0.270 e. The molecule has 1 aliphatic heterocycles. The molecule has 0 spiro atoms. The number of aryl methyl sites for hydroxylation is 1.